The van der Waals surface area contributed by atoms with Crippen LogP contribution in [0.4, 0.5) is 18.9 Å². The molecule has 4 nitrogen and oxygen atoms in total. The Labute approximate surface area is 224 Å². The number of hydrogen-bond acceptors (Lipinski definition) is 3. The molecule has 7 heteroatoms. The van der Waals surface area contributed by atoms with E-state index in [1.807, 2.05) is 91.0 Å². The van der Waals surface area contributed by atoms with E-state index in [1.54, 1.807) is 6.07 Å². The summed E-state index contributed by atoms with van der Waals surface area (Å²) in [7, 11) is 0. The number of rotatable bonds is 7. The van der Waals surface area contributed by atoms with Crippen LogP contribution in [-0.4, -0.2) is 18.6 Å². The normalized spacial score (nSPS) is 15.8. The lowest BCUT2D eigenvalue weighted by Crippen LogP contribution is -2.41. The second kappa shape index (κ2) is 10.8. The van der Waals surface area contributed by atoms with Gasteiger partial charge in [0.25, 0.3) is 0 Å². The number of alkyl halides is 3. The average Bonchev–Trinajstić information content (AvgIpc) is 3.34. The van der Waals surface area contributed by atoms with E-state index in [4.69, 9.17) is 4.74 Å². The van der Waals surface area contributed by atoms with Crippen LogP contribution in [0.15, 0.2) is 109 Å². The van der Waals surface area contributed by atoms with Crippen molar-refractivity contribution in [1.29, 1.82) is 5.26 Å². The number of benzene rings is 4. The quantitative estimate of drug-likeness (QED) is 0.242. The largest absolute Gasteiger partial charge is 0.417 e. The molecule has 1 atom stereocenters. The Morgan fingerprint density at radius 1 is 0.821 bits per heavy atom. The van der Waals surface area contributed by atoms with E-state index >= 15 is 0 Å². The second-order valence-electron chi connectivity index (χ2n) is 9.39. The van der Waals surface area contributed by atoms with Gasteiger partial charge in [-0.15, -0.1) is 0 Å². The first-order valence-corrected chi connectivity index (χ1v) is 12.6. The van der Waals surface area contributed by atoms with E-state index in [1.165, 1.54) is 11.0 Å². The number of hydrogen-bond donors (Lipinski definition) is 0. The van der Waals surface area contributed by atoms with E-state index < -0.39 is 28.9 Å². The number of halogens is 3. The number of amides is 1. The topological polar surface area (TPSA) is 53.3 Å². The van der Waals surface area contributed by atoms with Crippen molar-refractivity contribution in [2.24, 2.45) is 0 Å². The average molecular weight is 527 g/mol. The van der Waals surface area contributed by atoms with Gasteiger partial charge in [-0.1, -0.05) is 91.0 Å². The highest BCUT2D eigenvalue weighted by molar-refractivity contribution is 5.96. The summed E-state index contributed by atoms with van der Waals surface area (Å²) >= 11 is 0. The Balaban J connectivity index is 1.56. The number of carbonyl (C=O) groups is 1. The highest BCUT2D eigenvalue weighted by Crippen LogP contribution is 2.42. The minimum absolute atomic E-state index is 0.0752. The Morgan fingerprint density at radius 2 is 1.33 bits per heavy atom. The lowest BCUT2D eigenvalue weighted by atomic mass is 9.80. The van der Waals surface area contributed by atoms with Gasteiger partial charge in [0, 0.05) is 12.1 Å². The summed E-state index contributed by atoms with van der Waals surface area (Å²) in [4.78, 5) is 14.3. The van der Waals surface area contributed by atoms with E-state index in [0.29, 0.717) is 6.42 Å². The van der Waals surface area contributed by atoms with Crippen LogP contribution < -0.4 is 4.90 Å². The lowest BCUT2D eigenvalue weighted by Gasteiger charge is -2.38. The second-order valence-corrected chi connectivity index (χ2v) is 9.39. The molecule has 0 aliphatic carbocycles. The van der Waals surface area contributed by atoms with E-state index in [2.05, 4.69) is 0 Å². The summed E-state index contributed by atoms with van der Waals surface area (Å²) in [6.07, 6.45) is -4.11. The smallest absolute Gasteiger partial charge is 0.359 e. The number of nitriles is 1. The molecule has 0 saturated carbocycles. The summed E-state index contributed by atoms with van der Waals surface area (Å²) in [6.45, 7) is 0.0752. The molecule has 0 spiro atoms. The number of anilines is 1. The van der Waals surface area contributed by atoms with Gasteiger partial charge in [-0.05, 0) is 41.3 Å². The maximum Gasteiger partial charge on any atom is 0.417 e. The zero-order chi connectivity index (χ0) is 27.5. The fourth-order valence-electron chi connectivity index (χ4n) is 5.26. The maximum absolute atomic E-state index is 13.7. The molecular formula is C32H25F3N2O2. The Morgan fingerprint density at radius 3 is 1.79 bits per heavy atom. The Kier molecular flexibility index (Phi) is 7.23. The molecule has 1 aliphatic rings. The van der Waals surface area contributed by atoms with Crippen LogP contribution in [0.1, 0.15) is 40.7 Å². The monoisotopic (exact) mass is 526 g/mol. The van der Waals surface area contributed by atoms with Gasteiger partial charge in [0.2, 0.25) is 5.91 Å². The lowest BCUT2D eigenvalue weighted by molar-refractivity contribution is -0.137. The Bertz CT molecular complexity index is 1390. The molecule has 1 aliphatic heterocycles. The highest BCUT2D eigenvalue weighted by atomic mass is 19.4. The minimum atomic E-state index is -4.72. The summed E-state index contributed by atoms with van der Waals surface area (Å²) in [5.41, 5.74) is 0.185. The molecule has 4 aromatic rings. The summed E-state index contributed by atoms with van der Waals surface area (Å²) < 4.78 is 47.9. The third kappa shape index (κ3) is 5.04. The first-order chi connectivity index (χ1) is 18.8. The van der Waals surface area contributed by atoms with Crippen molar-refractivity contribution in [1.82, 2.24) is 0 Å². The molecule has 0 bridgehead atoms. The van der Waals surface area contributed by atoms with Gasteiger partial charge in [0.05, 0.1) is 29.8 Å². The van der Waals surface area contributed by atoms with Crippen LogP contribution in [-0.2, 0) is 21.3 Å². The summed E-state index contributed by atoms with van der Waals surface area (Å²) in [6, 6.07) is 33.7. The predicted octanol–water partition coefficient (Wildman–Crippen LogP) is 7.08. The molecule has 1 heterocycles. The highest BCUT2D eigenvalue weighted by Gasteiger charge is 2.41. The minimum Gasteiger partial charge on any atom is -0.359 e. The van der Waals surface area contributed by atoms with Crippen molar-refractivity contribution < 1.29 is 22.7 Å². The van der Waals surface area contributed by atoms with Gasteiger partial charge in [0.1, 0.15) is 5.60 Å². The molecule has 1 amide bonds. The fraction of sp³-hybridized carbons (Fsp3) is 0.188. The first-order valence-electron chi connectivity index (χ1n) is 12.6. The number of nitrogens with zero attached hydrogens (tertiary/aromatic N) is 2. The van der Waals surface area contributed by atoms with Gasteiger partial charge in [0.15, 0.2) is 0 Å². The zero-order valence-electron chi connectivity index (χ0n) is 20.9. The van der Waals surface area contributed by atoms with Gasteiger partial charge in [-0.2, -0.15) is 18.4 Å². The molecule has 4 aromatic carbocycles. The molecule has 0 unspecified atom stereocenters. The van der Waals surface area contributed by atoms with Crippen LogP contribution in [0.5, 0.6) is 0 Å². The standard InChI is InChI=1S/C32H25F3N2O2/c33-32(34,35)29-20-27(17-16-23(29)21-36)37-28(18-19-30(37)38)22-39-31(24-10-4-1-5-11-24,25-12-6-2-7-13-25)26-14-8-3-9-15-26/h1-17,20,28H,18-19,22H2/t28-/m1/s1. The summed E-state index contributed by atoms with van der Waals surface area (Å²) in [5.74, 6) is -0.286. The molecule has 196 valence electrons. The van der Waals surface area contributed by atoms with Crippen molar-refractivity contribution >= 4 is 11.6 Å². The van der Waals surface area contributed by atoms with Crippen LogP contribution in [0, 0.1) is 11.3 Å². The van der Waals surface area contributed by atoms with E-state index in [0.717, 1.165) is 28.8 Å². The Hall–Kier alpha value is -4.41. The SMILES string of the molecule is N#Cc1ccc(N2C(=O)CC[C@@H]2COC(c2ccccc2)(c2ccccc2)c2ccccc2)cc1C(F)(F)F. The van der Waals surface area contributed by atoms with Gasteiger partial charge in [-0.25, -0.2) is 0 Å². The predicted molar refractivity (Wildman–Crippen MR) is 142 cm³/mol. The molecule has 39 heavy (non-hydrogen) atoms. The van der Waals surface area contributed by atoms with Gasteiger partial charge < -0.3 is 9.64 Å². The third-order valence-corrected chi connectivity index (χ3v) is 7.07. The van der Waals surface area contributed by atoms with Gasteiger partial charge in [-0.3, -0.25) is 4.79 Å². The van der Waals surface area contributed by atoms with Crippen LogP contribution >= 0.6 is 0 Å². The molecule has 0 N–H and O–H groups in total. The number of carbonyl (C=O) groups excluding carboxylic acids is 1. The van der Waals surface area contributed by atoms with Crippen molar-refractivity contribution in [2.45, 2.75) is 30.7 Å². The maximum atomic E-state index is 13.7. The third-order valence-electron chi connectivity index (χ3n) is 7.07. The van der Waals surface area contributed by atoms with Crippen LogP contribution in [0.25, 0.3) is 0 Å². The molecule has 5 rings (SSSR count). The fourth-order valence-corrected chi connectivity index (χ4v) is 5.26. The van der Waals surface area contributed by atoms with Crippen molar-refractivity contribution in [3.05, 3.63) is 137 Å². The van der Waals surface area contributed by atoms with Crippen molar-refractivity contribution in [3.8, 4) is 6.07 Å². The molecular weight excluding hydrogens is 501 g/mol. The van der Waals surface area contributed by atoms with Crippen molar-refractivity contribution in [2.75, 3.05) is 11.5 Å². The van der Waals surface area contributed by atoms with Gasteiger partial charge >= 0.3 is 6.18 Å². The molecule has 1 fully saturated rings. The molecule has 1 saturated heterocycles. The molecule has 0 aromatic heterocycles. The first kappa shape index (κ1) is 26.2. The van der Waals surface area contributed by atoms with E-state index in [9.17, 15) is 23.2 Å². The van der Waals surface area contributed by atoms with Crippen LogP contribution in [0.2, 0.25) is 0 Å². The summed E-state index contributed by atoms with van der Waals surface area (Å²) in [5, 5.41) is 9.19. The van der Waals surface area contributed by atoms with E-state index in [-0.39, 0.29) is 24.6 Å². The zero-order valence-corrected chi connectivity index (χ0v) is 20.9. The van der Waals surface area contributed by atoms with Crippen molar-refractivity contribution in [3.63, 3.8) is 0 Å². The number of ether oxygens (including phenoxy) is 1. The molecule has 0 radical (unpaired) electrons. The van der Waals surface area contributed by atoms with Crippen LogP contribution in [0.3, 0.4) is 0 Å².